The molecular weight excluding hydrogens is 392 g/mol. The molecule has 3 fully saturated rings. The van der Waals surface area contributed by atoms with Gasteiger partial charge in [0.25, 0.3) is 0 Å². The number of hydrogen-bond acceptors (Lipinski definition) is 5. The molecule has 0 radical (unpaired) electrons. The van der Waals surface area contributed by atoms with Gasteiger partial charge in [0, 0.05) is 13.2 Å². The Morgan fingerprint density at radius 2 is 2.06 bits per heavy atom. The van der Waals surface area contributed by atoms with Gasteiger partial charge in [-0.05, 0) is 69.1 Å². The molecule has 2 saturated heterocycles. The summed E-state index contributed by atoms with van der Waals surface area (Å²) in [6.45, 7) is 7.19. The van der Waals surface area contributed by atoms with Crippen LogP contribution in [0.25, 0.3) is 11.0 Å². The van der Waals surface area contributed by atoms with Crippen molar-refractivity contribution in [2.45, 2.75) is 70.1 Å². The third-order valence-electron chi connectivity index (χ3n) is 7.33. The highest BCUT2D eigenvalue weighted by Gasteiger charge is 2.52. The largest absolute Gasteiger partial charge is 0.441 e. The van der Waals surface area contributed by atoms with Gasteiger partial charge in [-0.2, -0.15) is 5.26 Å². The molecule has 3 aliphatic rings. The first kappa shape index (κ1) is 20.3. The minimum atomic E-state index is -0.423. The molecule has 31 heavy (non-hydrogen) atoms. The zero-order valence-electron chi connectivity index (χ0n) is 18.4. The molecular formula is C24H30N4O3. The average Bonchev–Trinajstić information content (AvgIpc) is 3.40. The summed E-state index contributed by atoms with van der Waals surface area (Å²) in [4.78, 5) is 19.1. The Morgan fingerprint density at radius 1 is 1.19 bits per heavy atom. The van der Waals surface area contributed by atoms with E-state index < -0.39 is 5.60 Å². The molecule has 1 amide bonds. The third-order valence-corrected chi connectivity index (χ3v) is 7.33. The molecule has 1 spiro atoms. The SMILES string of the molecule is CC1(CN2C[C@@]3(CCC[C@](C)(Cn4cnc5ccc(C#N)cc54)C3)OC2=O)CCCO1. The van der Waals surface area contributed by atoms with E-state index >= 15 is 0 Å². The molecule has 5 rings (SSSR count). The Bertz CT molecular complexity index is 1050. The van der Waals surface area contributed by atoms with Gasteiger partial charge in [-0.15, -0.1) is 0 Å². The van der Waals surface area contributed by atoms with Crippen LogP contribution in [0.3, 0.4) is 0 Å². The Hall–Kier alpha value is -2.59. The number of imidazole rings is 1. The first-order valence-electron chi connectivity index (χ1n) is 11.3. The number of carbonyl (C=O) groups is 1. The molecule has 1 aliphatic carbocycles. The number of ether oxygens (including phenoxy) is 2. The number of aromatic nitrogens is 2. The van der Waals surface area contributed by atoms with Crippen molar-refractivity contribution in [2.75, 3.05) is 19.7 Å². The van der Waals surface area contributed by atoms with Crippen LogP contribution in [0.2, 0.25) is 0 Å². The lowest BCUT2D eigenvalue weighted by Crippen LogP contribution is -2.46. The fourth-order valence-electron chi connectivity index (χ4n) is 5.99. The second kappa shape index (κ2) is 7.23. The quantitative estimate of drug-likeness (QED) is 0.736. The van der Waals surface area contributed by atoms with Gasteiger partial charge in [0.1, 0.15) is 5.60 Å². The molecule has 3 heterocycles. The van der Waals surface area contributed by atoms with E-state index in [1.807, 2.05) is 23.4 Å². The van der Waals surface area contributed by atoms with Crippen LogP contribution >= 0.6 is 0 Å². The van der Waals surface area contributed by atoms with E-state index in [0.717, 1.165) is 62.7 Å². The summed E-state index contributed by atoms with van der Waals surface area (Å²) in [7, 11) is 0. The minimum Gasteiger partial charge on any atom is -0.441 e. The van der Waals surface area contributed by atoms with Crippen LogP contribution < -0.4 is 0 Å². The second-order valence-corrected chi connectivity index (χ2v) is 10.3. The van der Waals surface area contributed by atoms with E-state index in [4.69, 9.17) is 9.47 Å². The van der Waals surface area contributed by atoms with Crippen molar-refractivity contribution < 1.29 is 14.3 Å². The smallest absolute Gasteiger partial charge is 0.410 e. The number of rotatable bonds is 4. The standard InChI is InChI=1S/C24H30N4O3/c1-22(14-28-17-26-19-6-5-18(12-25)11-20(19)28)7-3-9-24(13-22)16-27(21(29)31-24)15-23(2)8-4-10-30-23/h5-6,11,17H,3-4,7-10,13-16H2,1-2H3/t22-,23?,24-/m0/s1. The first-order valence-corrected chi connectivity index (χ1v) is 11.3. The summed E-state index contributed by atoms with van der Waals surface area (Å²) in [5.41, 5.74) is 1.83. The zero-order chi connectivity index (χ0) is 21.7. The number of fused-ring (bicyclic) bond motifs is 1. The van der Waals surface area contributed by atoms with Gasteiger partial charge in [-0.3, -0.25) is 0 Å². The van der Waals surface area contributed by atoms with E-state index in [1.54, 1.807) is 6.07 Å². The number of carbonyl (C=O) groups excluding carboxylic acids is 1. The molecule has 1 aromatic heterocycles. The Labute approximate surface area is 182 Å². The van der Waals surface area contributed by atoms with Gasteiger partial charge in [-0.1, -0.05) is 6.92 Å². The van der Waals surface area contributed by atoms with Crippen molar-refractivity contribution in [1.29, 1.82) is 5.26 Å². The number of nitriles is 1. The van der Waals surface area contributed by atoms with E-state index in [-0.39, 0.29) is 17.1 Å². The maximum absolute atomic E-state index is 12.8. The third kappa shape index (κ3) is 3.78. The van der Waals surface area contributed by atoms with Crippen LogP contribution in [0.5, 0.6) is 0 Å². The van der Waals surface area contributed by atoms with Crippen molar-refractivity contribution in [3.63, 3.8) is 0 Å². The van der Waals surface area contributed by atoms with Crippen LogP contribution in [0, 0.1) is 16.7 Å². The van der Waals surface area contributed by atoms with Gasteiger partial charge in [0.05, 0.1) is 47.7 Å². The molecule has 164 valence electrons. The van der Waals surface area contributed by atoms with Gasteiger partial charge in [-0.25, -0.2) is 9.78 Å². The van der Waals surface area contributed by atoms with E-state index in [1.165, 1.54) is 0 Å². The zero-order valence-corrected chi connectivity index (χ0v) is 18.4. The van der Waals surface area contributed by atoms with Crippen LogP contribution in [0.1, 0.15) is 57.9 Å². The molecule has 7 nitrogen and oxygen atoms in total. The number of nitrogens with zero attached hydrogens (tertiary/aromatic N) is 4. The van der Waals surface area contributed by atoms with Gasteiger partial charge >= 0.3 is 6.09 Å². The van der Waals surface area contributed by atoms with Crippen molar-refractivity contribution in [2.24, 2.45) is 5.41 Å². The van der Waals surface area contributed by atoms with Crippen molar-refractivity contribution >= 4 is 17.1 Å². The molecule has 7 heteroatoms. The lowest BCUT2D eigenvalue weighted by molar-refractivity contribution is -0.0278. The molecule has 2 aromatic rings. The number of benzene rings is 1. The van der Waals surface area contributed by atoms with Crippen molar-refractivity contribution in [3.05, 3.63) is 30.1 Å². The fourth-order valence-corrected chi connectivity index (χ4v) is 5.99. The topological polar surface area (TPSA) is 80.4 Å². The molecule has 0 bridgehead atoms. The summed E-state index contributed by atoms with van der Waals surface area (Å²) in [5, 5.41) is 9.27. The Balaban J connectivity index is 1.34. The van der Waals surface area contributed by atoms with Crippen LogP contribution in [-0.4, -0.2) is 51.4 Å². The van der Waals surface area contributed by atoms with E-state index in [0.29, 0.717) is 18.7 Å². The lowest BCUT2D eigenvalue weighted by atomic mass is 9.68. The Kier molecular flexibility index (Phi) is 4.74. The summed E-state index contributed by atoms with van der Waals surface area (Å²) in [6.07, 6.45) is 7.54. The summed E-state index contributed by atoms with van der Waals surface area (Å²) in [5.74, 6) is 0. The molecule has 0 N–H and O–H groups in total. The Morgan fingerprint density at radius 3 is 2.84 bits per heavy atom. The monoisotopic (exact) mass is 422 g/mol. The minimum absolute atomic E-state index is 0.0153. The predicted octanol–water partition coefficient (Wildman–Crippen LogP) is 4.25. The second-order valence-electron chi connectivity index (χ2n) is 10.3. The maximum atomic E-state index is 12.8. The number of amides is 1. The maximum Gasteiger partial charge on any atom is 0.410 e. The van der Waals surface area contributed by atoms with E-state index in [9.17, 15) is 10.1 Å². The van der Waals surface area contributed by atoms with Crippen molar-refractivity contribution in [1.82, 2.24) is 14.5 Å². The van der Waals surface area contributed by atoms with Crippen LogP contribution in [-0.2, 0) is 16.0 Å². The van der Waals surface area contributed by atoms with Gasteiger partial charge in [0.15, 0.2) is 0 Å². The summed E-state index contributed by atoms with van der Waals surface area (Å²) < 4.78 is 14.1. The molecule has 1 aromatic carbocycles. The first-order chi connectivity index (χ1) is 14.8. The van der Waals surface area contributed by atoms with E-state index in [2.05, 4.69) is 29.5 Å². The van der Waals surface area contributed by atoms with Crippen molar-refractivity contribution in [3.8, 4) is 6.07 Å². The highest BCUT2D eigenvalue weighted by Crippen LogP contribution is 2.47. The van der Waals surface area contributed by atoms with Crippen LogP contribution in [0.15, 0.2) is 24.5 Å². The molecule has 1 unspecified atom stereocenters. The fraction of sp³-hybridized carbons (Fsp3) is 0.625. The molecule has 2 aliphatic heterocycles. The highest BCUT2D eigenvalue weighted by molar-refractivity contribution is 5.77. The summed E-state index contributed by atoms with van der Waals surface area (Å²) >= 11 is 0. The lowest BCUT2D eigenvalue weighted by Gasteiger charge is -2.43. The number of hydrogen-bond donors (Lipinski definition) is 0. The van der Waals surface area contributed by atoms with Crippen LogP contribution in [0.4, 0.5) is 4.79 Å². The average molecular weight is 423 g/mol. The highest BCUT2D eigenvalue weighted by atomic mass is 16.6. The normalized spacial score (nSPS) is 33.2. The molecule has 1 saturated carbocycles. The summed E-state index contributed by atoms with van der Waals surface area (Å²) in [6, 6.07) is 7.83. The predicted molar refractivity (Wildman–Crippen MR) is 115 cm³/mol. The van der Waals surface area contributed by atoms with Gasteiger partial charge < -0.3 is 18.9 Å². The molecule has 3 atom stereocenters. The van der Waals surface area contributed by atoms with Gasteiger partial charge in [0.2, 0.25) is 0 Å².